The number of rotatable bonds is 3. The molecule has 0 fully saturated rings. The highest BCUT2D eigenvalue weighted by Gasteiger charge is 2.24. The highest BCUT2D eigenvalue weighted by Crippen LogP contribution is 2.07. The molecule has 0 saturated heterocycles. The van der Waals surface area contributed by atoms with Crippen LogP contribution < -0.4 is 0 Å². The second-order valence-electron chi connectivity index (χ2n) is 3.59. The molecule has 0 aromatic heterocycles. The summed E-state index contributed by atoms with van der Waals surface area (Å²) in [5.41, 5.74) is 0. The summed E-state index contributed by atoms with van der Waals surface area (Å²) in [4.78, 5) is 0. The van der Waals surface area contributed by atoms with Crippen molar-refractivity contribution in [1.82, 2.24) is 0 Å². The first kappa shape index (κ1) is 9.85. The molecule has 0 spiro atoms. The van der Waals surface area contributed by atoms with E-state index in [-0.39, 0.29) is 0 Å². The molecule has 0 amide bonds. The van der Waals surface area contributed by atoms with Crippen molar-refractivity contribution in [3.8, 4) is 0 Å². The third kappa shape index (κ3) is 2.62. The fourth-order valence-electron chi connectivity index (χ4n) is 0.704. The van der Waals surface area contributed by atoms with Crippen LogP contribution in [0.5, 0.6) is 0 Å². The van der Waals surface area contributed by atoms with Crippen molar-refractivity contribution >= 4 is 13.4 Å². The van der Waals surface area contributed by atoms with Gasteiger partial charge < -0.3 is 10.5 Å². The van der Waals surface area contributed by atoms with Crippen molar-refractivity contribution in [2.24, 2.45) is 0 Å². The molecule has 0 radical (unpaired) electrons. The molecule has 0 bridgehead atoms. The number of nitrogens with one attached hydrogen (secondary N) is 1. The maximum Gasteiger partial charge on any atom is 0.0984 e. The van der Waals surface area contributed by atoms with E-state index in [0.717, 1.165) is 0 Å². The van der Waals surface area contributed by atoms with Crippen molar-refractivity contribution in [3.05, 3.63) is 0 Å². The van der Waals surface area contributed by atoms with E-state index in [0.29, 0.717) is 11.8 Å². The molecule has 0 aromatic rings. The van der Waals surface area contributed by atoms with Crippen molar-refractivity contribution in [2.75, 3.05) is 0 Å². The highest BCUT2D eigenvalue weighted by molar-refractivity contribution is 7.04. The number of hydrogen-bond acceptors (Lipinski definition) is 2. The second-order valence-corrected chi connectivity index (χ2v) is 8.63. The van der Waals surface area contributed by atoms with Crippen molar-refractivity contribution in [1.29, 1.82) is 5.41 Å². The SMILES string of the molecule is CCC(O)C(=N)[Si](C)(C)C. The fraction of sp³-hybridized carbons (Fsp3) is 0.857. The zero-order valence-corrected chi connectivity index (χ0v) is 8.23. The van der Waals surface area contributed by atoms with Crippen LogP contribution in [0.1, 0.15) is 13.3 Å². The average Bonchev–Trinajstić information content (AvgIpc) is 1.83. The number of aliphatic hydroxyl groups excluding tert-OH is 1. The summed E-state index contributed by atoms with van der Waals surface area (Å²) in [5, 5.41) is 17.4. The summed E-state index contributed by atoms with van der Waals surface area (Å²) in [5.74, 6) is 0. The predicted octanol–water partition coefficient (Wildman–Crippen LogP) is 1.65. The molecule has 1 unspecified atom stereocenters. The van der Waals surface area contributed by atoms with Gasteiger partial charge in [-0.3, -0.25) is 0 Å². The first-order valence-corrected chi connectivity index (χ1v) is 7.16. The molecule has 0 saturated carbocycles. The van der Waals surface area contributed by atoms with E-state index in [4.69, 9.17) is 5.41 Å². The molecule has 0 aliphatic rings. The first-order valence-electron chi connectivity index (χ1n) is 3.66. The molecule has 0 heterocycles. The molecule has 2 N–H and O–H groups in total. The minimum Gasteiger partial charge on any atom is -0.388 e. The Labute approximate surface area is 63.8 Å². The van der Waals surface area contributed by atoms with Gasteiger partial charge in [-0.1, -0.05) is 26.6 Å². The van der Waals surface area contributed by atoms with Gasteiger partial charge in [0.05, 0.1) is 14.2 Å². The standard InChI is InChI=1S/C7H17NOSi/c1-5-6(9)7(8)10(2,3)4/h6,8-9H,5H2,1-4H3. The van der Waals surface area contributed by atoms with Crippen molar-refractivity contribution < 1.29 is 5.11 Å². The monoisotopic (exact) mass is 159 g/mol. The summed E-state index contributed by atoms with van der Waals surface area (Å²) < 4.78 is 0. The lowest BCUT2D eigenvalue weighted by atomic mass is 10.3. The summed E-state index contributed by atoms with van der Waals surface area (Å²) in [6.45, 7) is 8.13. The van der Waals surface area contributed by atoms with Crippen LogP contribution in [0.15, 0.2) is 0 Å². The molecule has 0 rings (SSSR count). The van der Waals surface area contributed by atoms with Crippen LogP contribution in [-0.2, 0) is 0 Å². The zero-order chi connectivity index (χ0) is 8.36. The normalized spacial score (nSPS) is 14.9. The molecule has 0 aromatic carbocycles. The molecular formula is C7H17NOSi. The Morgan fingerprint density at radius 1 is 1.50 bits per heavy atom. The van der Waals surface area contributed by atoms with Crippen LogP contribution in [0.4, 0.5) is 0 Å². The van der Waals surface area contributed by atoms with Crippen molar-refractivity contribution in [2.45, 2.75) is 39.1 Å². The maximum atomic E-state index is 9.27. The summed E-state index contributed by atoms with van der Waals surface area (Å²) in [6.07, 6.45) is 0.176. The van der Waals surface area contributed by atoms with Crippen LogP contribution in [0.3, 0.4) is 0 Å². The van der Waals surface area contributed by atoms with Gasteiger partial charge in [0.25, 0.3) is 0 Å². The molecule has 3 heteroatoms. The molecule has 0 aliphatic carbocycles. The van der Waals surface area contributed by atoms with Gasteiger partial charge in [0.15, 0.2) is 0 Å². The maximum absolute atomic E-state index is 9.27. The van der Waals surface area contributed by atoms with Gasteiger partial charge in [-0.25, -0.2) is 0 Å². The van der Waals surface area contributed by atoms with E-state index >= 15 is 0 Å². The lowest BCUT2D eigenvalue weighted by molar-refractivity contribution is 0.238. The summed E-state index contributed by atoms with van der Waals surface area (Å²) >= 11 is 0. The van der Waals surface area contributed by atoms with Crippen LogP contribution in [0, 0.1) is 5.41 Å². The number of aliphatic hydroxyl groups is 1. The third-order valence-electron chi connectivity index (χ3n) is 1.53. The summed E-state index contributed by atoms with van der Waals surface area (Å²) in [6, 6.07) is 0. The zero-order valence-electron chi connectivity index (χ0n) is 7.23. The second kappa shape index (κ2) is 3.30. The van der Waals surface area contributed by atoms with Gasteiger partial charge >= 0.3 is 0 Å². The Hall–Kier alpha value is -0.153. The summed E-state index contributed by atoms with van der Waals surface area (Å²) in [7, 11) is -1.51. The van der Waals surface area contributed by atoms with Gasteiger partial charge in [-0.05, 0) is 6.42 Å². The highest BCUT2D eigenvalue weighted by atomic mass is 28.3. The molecule has 2 nitrogen and oxygen atoms in total. The molecule has 0 aliphatic heterocycles. The van der Waals surface area contributed by atoms with Crippen LogP contribution in [-0.4, -0.2) is 24.6 Å². The largest absolute Gasteiger partial charge is 0.388 e. The van der Waals surface area contributed by atoms with Crippen LogP contribution >= 0.6 is 0 Å². The lowest BCUT2D eigenvalue weighted by Crippen LogP contribution is -2.40. The number of hydrogen-bond donors (Lipinski definition) is 2. The van der Waals surface area contributed by atoms with E-state index in [1.54, 1.807) is 0 Å². The molecule has 10 heavy (non-hydrogen) atoms. The van der Waals surface area contributed by atoms with Gasteiger partial charge in [-0.15, -0.1) is 0 Å². The van der Waals surface area contributed by atoms with E-state index in [9.17, 15) is 5.11 Å². The smallest absolute Gasteiger partial charge is 0.0984 e. The Balaban J connectivity index is 4.09. The average molecular weight is 159 g/mol. The Morgan fingerprint density at radius 3 is 2.00 bits per heavy atom. The van der Waals surface area contributed by atoms with Gasteiger partial charge in [0.1, 0.15) is 0 Å². The lowest BCUT2D eigenvalue weighted by Gasteiger charge is -2.21. The van der Waals surface area contributed by atoms with Gasteiger partial charge in [-0.2, -0.15) is 0 Å². The Kier molecular flexibility index (Phi) is 3.25. The third-order valence-corrected chi connectivity index (χ3v) is 3.48. The van der Waals surface area contributed by atoms with E-state index in [2.05, 4.69) is 19.6 Å². The topological polar surface area (TPSA) is 44.1 Å². The van der Waals surface area contributed by atoms with Crippen molar-refractivity contribution in [3.63, 3.8) is 0 Å². The van der Waals surface area contributed by atoms with Gasteiger partial charge in [0, 0.05) is 5.33 Å². The Bertz CT molecular complexity index is 128. The Morgan fingerprint density at radius 2 is 1.90 bits per heavy atom. The molecular weight excluding hydrogens is 142 g/mol. The first-order chi connectivity index (χ1) is 4.39. The minimum atomic E-state index is -1.51. The predicted molar refractivity (Wildman–Crippen MR) is 47.4 cm³/mol. The van der Waals surface area contributed by atoms with Crippen LogP contribution in [0.2, 0.25) is 19.6 Å². The van der Waals surface area contributed by atoms with E-state index in [1.165, 1.54) is 0 Å². The van der Waals surface area contributed by atoms with Crippen LogP contribution in [0.25, 0.3) is 0 Å². The van der Waals surface area contributed by atoms with E-state index in [1.807, 2.05) is 6.92 Å². The van der Waals surface area contributed by atoms with E-state index < -0.39 is 14.2 Å². The molecule has 60 valence electrons. The van der Waals surface area contributed by atoms with Gasteiger partial charge in [0.2, 0.25) is 0 Å². The molecule has 1 atom stereocenters. The fourth-order valence-corrected chi connectivity index (χ4v) is 1.91. The minimum absolute atomic E-state index is 0.494. The quantitative estimate of drug-likeness (QED) is 0.477.